The molecule has 0 saturated carbocycles. The normalized spacial score (nSPS) is 16.0. The number of phenols is 1. The van der Waals surface area contributed by atoms with Crippen molar-refractivity contribution in [1.82, 2.24) is 4.31 Å². The molecule has 0 fully saturated rings. The van der Waals surface area contributed by atoms with Crippen LogP contribution >= 0.6 is 0 Å². The first-order valence-electron chi connectivity index (χ1n) is 9.89. The van der Waals surface area contributed by atoms with Gasteiger partial charge in [0.15, 0.2) is 6.23 Å². The third kappa shape index (κ3) is 4.76. The fraction of sp³-hybridized carbons (Fsp3) is 0.174. The Labute approximate surface area is 189 Å². The summed E-state index contributed by atoms with van der Waals surface area (Å²) in [6.07, 6.45) is -1.98. The molecule has 1 aliphatic rings. The van der Waals surface area contributed by atoms with Crippen LogP contribution in [-0.2, 0) is 25.9 Å². The Morgan fingerprint density at radius 2 is 1.67 bits per heavy atom. The molecular formula is C23H20FNO7S. The number of hydrogen-bond donors (Lipinski definition) is 1. The van der Waals surface area contributed by atoms with E-state index >= 15 is 0 Å². The highest BCUT2D eigenvalue weighted by Gasteiger charge is 2.39. The van der Waals surface area contributed by atoms with E-state index in [1.165, 1.54) is 66.7 Å². The van der Waals surface area contributed by atoms with Crippen LogP contribution in [0.2, 0.25) is 0 Å². The van der Waals surface area contributed by atoms with Gasteiger partial charge in [0.25, 0.3) is 0 Å². The minimum atomic E-state index is -4.08. The molecule has 0 aliphatic carbocycles. The lowest BCUT2D eigenvalue weighted by Gasteiger charge is -2.35. The summed E-state index contributed by atoms with van der Waals surface area (Å²) < 4.78 is 56.4. The van der Waals surface area contributed by atoms with Crippen LogP contribution in [0.25, 0.3) is 0 Å². The van der Waals surface area contributed by atoms with Gasteiger partial charge >= 0.3 is 6.16 Å². The maximum atomic E-state index is 13.4. The highest BCUT2D eigenvalue weighted by atomic mass is 32.2. The molecule has 0 spiro atoms. The van der Waals surface area contributed by atoms with Gasteiger partial charge in [-0.05, 0) is 78.7 Å². The fourth-order valence-electron chi connectivity index (χ4n) is 3.51. The van der Waals surface area contributed by atoms with E-state index in [2.05, 4.69) is 4.74 Å². The molecule has 1 heterocycles. The number of halogens is 1. The number of nitrogens with zero attached hydrogens (tertiary/aromatic N) is 1. The molecule has 0 amide bonds. The molecule has 8 nitrogen and oxygen atoms in total. The summed E-state index contributed by atoms with van der Waals surface area (Å²) in [6.45, 7) is 0.0221. The van der Waals surface area contributed by atoms with Crippen molar-refractivity contribution in [3.8, 4) is 17.2 Å². The van der Waals surface area contributed by atoms with Crippen LogP contribution in [0.1, 0.15) is 17.4 Å². The van der Waals surface area contributed by atoms with Crippen molar-refractivity contribution in [2.75, 3.05) is 13.7 Å². The summed E-state index contributed by atoms with van der Waals surface area (Å²) in [7, 11) is -2.95. The fourth-order valence-corrected chi connectivity index (χ4v) is 5.01. The van der Waals surface area contributed by atoms with Crippen LogP contribution < -0.4 is 4.74 Å². The van der Waals surface area contributed by atoms with Gasteiger partial charge in [0.05, 0.1) is 12.0 Å². The standard InChI is InChI=1S/C23H20FNO7S/c1-30-23(27)32-22-21-11-4-17(26)14-15(21)12-13-25(22)33(28,29)20-9-7-19(8-10-20)31-18-5-2-16(24)3-6-18/h2-11,14,22,26H,12-13H2,1H3. The van der Waals surface area contributed by atoms with E-state index in [1.807, 2.05) is 0 Å². The molecule has 0 saturated heterocycles. The zero-order valence-corrected chi connectivity index (χ0v) is 18.3. The molecule has 3 aromatic rings. The van der Waals surface area contributed by atoms with Crippen LogP contribution in [0.3, 0.4) is 0 Å². The molecule has 1 atom stereocenters. The number of sulfonamides is 1. The monoisotopic (exact) mass is 473 g/mol. The van der Waals surface area contributed by atoms with E-state index < -0.39 is 28.2 Å². The molecule has 3 aromatic carbocycles. The lowest BCUT2D eigenvalue weighted by molar-refractivity contribution is -0.0149. The van der Waals surface area contributed by atoms with Gasteiger partial charge in [0.2, 0.25) is 10.0 Å². The van der Waals surface area contributed by atoms with Gasteiger partial charge in [-0.25, -0.2) is 17.6 Å². The summed E-state index contributed by atoms with van der Waals surface area (Å²) in [5, 5.41) is 9.76. The largest absolute Gasteiger partial charge is 0.509 e. The van der Waals surface area contributed by atoms with Crippen LogP contribution in [-0.4, -0.2) is 37.6 Å². The van der Waals surface area contributed by atoms with Gasteiger partial charge < -0.3 is 19.3 Å². The van der Waals surface area contributed by atoms with Crippen molar-refractivity contribution >= 4 is 16.2 Å². The number of phenolic OH excluding ortho intramolecular Hbond substituents is 1. The number of fused-ring (bicyclic) bond motifs is 1. The number of hydrogen-bond acceptors (Lipinski definition) is 7. The number of rotatable bonds is 5. The molecule has 172 valence electrons. The van der Waals surface area contributed by atoms with Crippen LogP contribution in [0.4, 0.5) is 9.18 Å². The highest BCUT2D eigenvalue weighted by molar-refractivity contribution is 7.89. The van der Waals surface area contributed by atoms with Gasteiger partial charge in [0, 0.05) is 12.1 Å². The lowest BCUT2D eigenvalue weighted by Crippen LogP contribution is -2.42. The minimum Gasteiger partial charge on any atom is -0.508 e. The molecule has 4 rings (SSSR count). The number of carbonyl (C=O) groups is 1. The summed E-state index contributed by atoms with van der Waals surface area (Å²) in [5.41, 5.74) is 1.10. The molecule has 0 radical (unpaired) electrons. The Balaban J connectivity index is 1.62. The average molecular weight is 473 g/mol. The molecule has 10 heteroatoms. The number of benzene rings is 3. The minimum absolute atomic E-state index is 0.0221. The molecule has 1 aliphatic heterocycles. The van der Waals surface area contributed by atoms with Gasteiger partial charge in [-0.15, -0.1) is 0 Å². The van der Waals surface area contributed by atoms with Gasteiger partial charge in [-0.3, -0.25) is 0 Å². The molecule has 33 heavy (non-hydrogen) atoms. The Bertz CT molecular complexity index is 1260. The highest BCUT2D eigenvalue weighted by Crippen LogP contribution is 2.37. The maximum absolute atomic E-state index is 13.4. The van der Waals surface area contributed by atoms with E-state index in [-0.39, 0.29) is 17.2 Å². The Morgan fingerprint density at radius 1 is 1.03 bits per heavy atom. The van der Waals surface area contributed by atoms with E-state index in [1.54, 1.807) is 0 Å². The molecular weight excluding hydrogens is 453 g/mol. The number of carbonyl (C=O) groups excluding carboxylic acids is 1. The topological polar surface area (TPSA) is 102 Å². The van der Waals surface area contributed by atoms with Crippen LogP contribution in [0, 0.1) is 5.82 Å². The van der Waals surface area contributed by atoms with Crippen molar-refractivity contribution in [2.45, 2.75) is 17.5 Å². The van der Waals surface area contributed by atoms with Crippen LogP contribution in [0.15, 0.2) is 71.6 Å². The number of aromatic hydroxyl groups is 1. The summed E-state index contributed by atoms with van der Waals surface area (Å²) in [5.74, 6) is 0.390. The van der Waals surface area contributed by atoms with Crippen molar-refractivity contribution in [1.29, 1.82) is 0 Å². The van der Waals surface area contributed by atoms with Crippen molar-refractivity contribution < 1.29 is 36.9 Å². The molecule has 0 aromatic heterocycles. The van der Waals surface area contributed by atoms with E-state index in [0.717, 1.165) is 11.4 Å². The van der Waals surface area contributed by atoms with Crippen molar-refractivity contribution in [2.24, 2.45) is 0 Å². The quantitative estimate of drug-likeness (QED) is 0.550. The van der Waals surface area contributed by atoms with Gasteiger partial charge in [-0.2, -0.15) is 4.31 Å². The summed E-state index contributed by atoms with van der Waals surface area (Å²) in [4.78, 5) is 11.8. The Morgan fingerprint density at radius 3 is 2.30 bits per heavy atom. The first kappa shape index (κ1) is 22.6. The SMILES string of the molecule is COC(=O)OC1c2ccc(O)cc2CCN1S(=O)(=O)c1ccc(Oc2ccc(F)cc2)cc1. The van der Waals surface area contributed by atoms with E-state index in [4.69, 9.17) is 9.47 Å². The second-order valence-corrected chi connectivity index (χ2v) is 9.09. The maximum Gasteiger partial charge on any atom is 0.509 e. The molecule has 0 bridgehead atoms. The van der Waals surface area contributed by atoms with Crippen molar-refractivity contribution in [3.05, 3.63) is 83.7 Å². The van der Waals surface area contributed by atoms with Gasteiger partial charge in [0.1, 0.15) is 23.1 Å². The number of ether oxygens (including phenoxy) is 3. The third-order valence-corrected chi connectivity index (χ3v) is 6.97. The first-order valence-corrected chi connectivity index (χ1v) is 11.3. The zero-order chi connectivity index (χ0) is 23.6. The average Bonchev–Trinajstić information content (AvgIpc) is 2.80. The van der Waals surface area contributed by atoms with E-state index in [9.17, 15) is 22.7 Å². The Kier molecular flexibility index (Phi) is 6.21. The summed E-state index contributed by atoms with van der Waals surface area (Å²) in [6, 6.07) is 15.5. The van der Waals surface area contributed by atoms with Crippen molar-refractivity contribution in [3.63, 3.8) is 0 Å². The second kappa shape index (κ2) is 9.08. The third-order valence-electron chi connectivity index (χ3n) is 5.11. The Hall–Kier alpha value is -3.63. The van der Waals surface area contributed by atoms with E-state index in [0.29, 0.717) is 29.0 Å². The second-order valence-electron chi connectivity index (χ2n) is 7.20. The predicted molar refractivity (Wildman–Crippen MR) is 115 cm³/mol. The lowest BCUT2D eigenvalue weighted by atomic mass is 9.99. The number of methoxy groups -OCH3 is 1. The van der Waals surface area contributed by atoms with Crippen LogP contribution in [0.5, 0.6) is 17.2 Å². The first-order chi connectivity index (χ1) is 15.8. The molecule has 1 N–H and O–H groups in total. The predicted octanol–water partition coefficient (Wildman–Crippen LogP) is 4.35. The zero-order valence-electron chi connectivity index (χ0n) is 17.5. The smallest absolute Gasteiger partial charge is 0.508 e. The summed E-state index contributed by atoms with van der Waals surface area (Å²) >= 11 is 0. The van der Waals surface area contributed by atoms with Gasteiger partial charge in [-0.1, -0.05) is 0 Å². The molecule has 1 unspecified atom stereocenters.